The number of nitrogens with one attached hydrogen (secondary N) is 1. The first kappa shape index (κ1) is 23.2. The number of hydrogen-bond acceptors (Lipinski definition) is 5. The number of ether oxygens (including phenoxy) is 1. The van der Waals surface area contributed by atoms with Gasteiger partial charge in [-0.2, -0.15) is 0 Å². The van der Waals surface area contributed by atoms with E-state index in [0.717, 1.165) is 8.78 Å². The van der Waals surface area contributed by atoms with Gasteiger partial charge < -0.3 is 15.0 Å². The highest BCUT2D eigenvalue weighted by Crippen LogP contribution is 2.26. The van der Waals surface area contributed by atoms with E-state index in [1.807, 2.05) is 25.9 Å². The first-order valence-electron chi connectivity index (χ1n) is 9.16. The van der Waals surface area contributed by atoms with E-state index in [4.69, 9.17) is 4.74 Å². The second-order valence-corrected chi connectivity index (χ2v) is 9.32. The molecule has 0 aliphatic rings. The Morgan fingerprint density at radius 3 is 2.24 bits per heavy atom. The molecule has 0 saturated heterocycles. The number of anilines is 1. The van der Waals surface area contributed by atoms with Crippen LogP contribution < -0.4 is 14.4 Å². The zero-order valence-corrected chi connectivity index (χ0v) is 19.2. The van der Waals surface area contributed by atoms with E-state index in [1.54, 1.807) is 36.4 Å². The van der Waals surface area contributed by atoms with Crippen LogP contribution in [0.3, 0.4) is 0 Å². The highest BCUT2D eigenvalue weighted by Gasteiger charge is 2.27. The predicted octanol–water partition coefficient (Wildman–Crippen LogP) is 2.72. The van der Waals surface area contributed by atoms with Gasteiger partial charge in [0.25, 0.3) is 10.0 Å². The Morgan fingerprint density at radius 2 is 1.69 bits per heavy atom. The van der Waals surface area contributed by atoms with Gasteiger partial charge in [-0.1, -0.05) is 15.9 Å². The fraction of sp³-hybridized carbons (Fsp3) is 0.350. The highest BCUT2D eigenvalue weighted by molar-refractivity contribution is 9.10. The van der Waals surface area contributed by atoms with Gasteiger partial charge in [0, 0.05) is 17.6 Å². The summed E-state index contributed by atoms with van der Waals surface area (Å²) >= 11 is 3.31. The molecular weight excluding hydrogens is 458 g/mol. The maximum absolute atomic E-state index is 13.3. The van der Waals surface area contributed by atoms with Gasteiger partial charge in [-0.3, -0.25) is 9.10 Å². The van der Waals surface area contributed by atoms with Crippen LogP contribution in [-0.4, -0.2) is 59.6 Å². The highest BCUT2D eigenvalue weighted by atomic mass is 79.9. The molecule has 2 aromatic rings. The second kappa shape index (κ2) is 10.6. The summed E-state index contributed by atoms with van der Waals surface area (Å²) in [7, 11) is -0.134. The van der Waals surface area contributed by atoms with Crippen LogP contribution in [0.15, 0.2) is 57.9 Å². The minimum absolute atomic E-state index is 0.107. The summed E-state index contributed by atoms with van der Waals surface area (Å²) in [5.41, 5.74) is 0.388. The quantitative estimate of drug-likeness (QED) is 0.561. The van der Waals surface area contributed by atoms with Crippen LogP contribution >= 0.6 is 15.9 Å². The van der Waals surface area contributed by atoms with Crippen molar-refractivity contribution in [1.29, 1.82) is 0 Å². The molecule has 0 heterocycles. The smallest absolute Gasteiger partial charge is 0.264 e. The number of rotatable bonds is 10. The Morgan fingerprint density at radius 1 is 1.07 bits per heavy atom. The average Bonchev–Trinajstić information content (AvgIpc) is 2.67. The van der Waals surface area contributed by atoms with E-state index < -0.39 is 10.0 Å². The number of likely N-dealkylation sites (N-methyl/N-ethyl adjacent to an activating group) is 1. The molecule has 2 aromatic carbocycles. The van der Waals surface area contributed by atoms with Gasteiger partial charge in [0.05, 0.1) is 17.2 Å². The van der Waals surface area contributed by atoms with Crippen LogP contribution in [0.25, 0.3) is 0 Å². The zero-order chi connectivity index (χ0) is 21.4. The summed E-state index contributed by atoms with van der Waals surface area (Å²) < 4.78 is 33.8. The monoisotopic (exact) mass is 483 g/mol. The first-order chi connectivity index (χ1) is 13.7. The van der Waals surface area contributed by atoms with E-state index in [9.17, 15) is 13.2 Å². The van der Waals surface area contributed by atoms with Gasteiger partial charge in [0.1, 0.15) is 12.3 Å². The molecule has 0 unspecified atom stereocenters. The van der Waals surface area contributed by atoms with E-state index in [0.29, 0.717) is 31.1 Å². The molecule has 2 rings (SSSR count). The van der Waals surface area contributed by atoms with Gasteiger partial charge >= 0.3 is 0 Å². The van der Waals surface area contributed by atoms with Crippen LogP contribution in [0, 0.1) is 0 Å². The van der Waals surface area contributed by atoms with E-state index in [1.165, 1.54) is 12.1 Å². The van der Waals surface area contributed by atoms with Crippen LogP contribution in [0.5, 0.6) is 5.75 Å². The van der Waals surface area contributed by atoms with Crippen molar-refractivity contribution >= 4 is 37.5 Å². The molecule has 158 valence electrons. The van der Waals surface area contributed by atoms with Crippen molar-refractivity contribution in [3.05, 3.63) is 53.0 Å². The summed E-state index contributed by atoms with van der Waals surface area (Å²) in [6, 6.07) is 13.0. The molecule has 0 saturated carbocycles. The van der Waals surface area contributed by atoms with Crippen molar-refractivity contribution in [2.24, 2.45) is 0 Å². The molecule has 7 nitrogen and oxygen atoms in total. The lowest BCUT2D eigenvalue weighted by atomic mass is 10.3. The van der Waals surface area contributed by atoms with Crippen LogP contribution in [0.4, 0.5) is 5.69 Å². The molecule has 0 aliphatic heterocycles. The van der Waals surface area contributed by atoms with Gasteiger partial charge in [0.2, 0.25) is 5.91 Å². The SMILES string of the molecule is CCOc1ccc(N(CC(=O)NCCN(C)C)S(=O)(=O)c2ccc(Br)cc2)cc1. The molecule has 1 amide bonds. The van der Waals surface area contributed by atoms with Crippen molar-refractivity contribution in [2.45, 2.75) is 11.8 Å². The van der Waals surface area contributed by atoms with Crippen molar-refractivity contribution in [1.82, 2.24) is 10.2 Å². The maximum Gasteiger partial charge on any atom is 0.264 e. The molecule has 0 aliphatic carbocycles. The molecule has 0 atom stereocenters. The van der Waals surface area contributed by atoms with Crippen molar-refractivity contribution in [3.63, 3.8) is 0 Å². The van der Waals surface area contributed by atoms with Crippen molar-refractivity contribution in [3.8, 4) is 5.75 Å². The molecule has 29 heavy (non-hydrogen) atoms. The van der Waals surface area contributed by atoms with Crippen molar-refractivity contribution in [2.75, 3.05) is 44.6 Å². The average molecular weight is 484 g/mol. The minimum atomic E-state index is -3.93. The molecule has 0 fully saturated rings. The number of hydrogen-bond donors (Lipinski definition) is 1. The molecule has 0 bridgehead atoms. The Labute approximate surface area is 180 Å². The number of carbonyl (C=O) groups is 1. The molecular formula is C20H26BrN3O4S. The van der Waals surface area contributed by atoms with Gasteiger partial charge in [-0.05, 0) is 69.6 Å². The van der Waals surface area contributed by atoms with E-state index in [2.05, 4.69) is 21.2 Å². The first-order valence-corrected chi connectivity index (χ1v) is 11.4. The fourth-order valence-corrected chi connectivity index (χ4v) is 4.21. The second-order valence-electron chi connectivity index (χ2n) is 6.55. The third-order valence-electron chi connectivity index (χ3n) is 4.01. The number of sulfonamides is 1. The number of halogens is 1. The summed E-state index contributed by atoms with van der Waals surface area (Å²) in [5, 5.41) is 2.76. The third kappa shape index (κ3) is 6.73. The number of amides is 1. The molecule has 1 N–H and O–H groups in total. The maximum atomic E-state index is 13.3. The Hall–Kier alpha value is -2.10. The standard InChI is InChI=1S/C20H26BrN3O4S/c1-4-28-18-9-7-17(8-10-18)24(15-20(25)22-13-14-23(2)3)29(26,27)19-11-5-16(21)6-12-19/h5-12H,4,13-15H2,1-3H3,(H,22,25). The Kier molecular flexibility index (Phi) is 8.48. The summed E-state index contributed by atoms with van der Waals surface area (Å²) in [5.74, 6) is 0.258. The lowest BCUT2D eigenvalue weighted by Gasteiger charge is -2.24. The Balaban J connectivity index is 2.31. The normalized spacial score (nSPS) is 11.3. The lowest BCUT2D eigenvalue weighted by molar-refractivity contribution is -0.119. The van der Waals surface area contributed by atoms with Crippen LogP contribution in [0.2, 0.25) is 0 Å². The largest absolute Gasteiger partial charge is 0.494 e. The summed E-state index contributed by atoms with van der Waals surface area (Å²) in [6.45, 7) is 3.15. The fourth-order valence-electron chi connectivity index (χ4n) is 2.53. The zero-order valence-electron chi connectivity index (χ0n) is 16.8. The van der Waals surface area contributed by atoms with Gasteiger partial charge in [-0.15, -0.1) is 0 Å². The minimum Gasteiger partial charge on any atom is -0.494 e. The van der Waals surface area contributed by atoms with E-state index in [-0.39, 0.29) is 17.3 Å². The molecule has 0 radical (unpaired) electrons. The molecule has 0 aromatic heterocycles. The van der Waals surface area contributed by atoms with Crippen LogP contribution in [0.1, 0.15) is 6.92 Å². The van der Waals surface area contributed by atoms with Crippen molar-refractivity contribution < 1.29 is 17.9 Å². The number of nitrogens with zero attached hydrogens (tertiary/aromatic N) is 2. The number of benzene rings is 2. The molecule has 0 spiro atoms. The third-order valence-corrected chi connectivity index (χ3v) is 6.32. The number of carbonyl (C=O) groups excluding carboxylic acids is 1. The lowest BCUT2D eigenvalue weighted by Crippen LogP contribution is -2.42. The summed E-state index contributed by atoms with van der Waals surface area (Å²) in [6.07, 6.45) is 0. The van der Waals surface area contributed by atoms with Gasteiger partial charge in [-0.25, -0.2) is 8.42 Å². The van der Waals surface area contributed by atoms with Gasteiger partial charge in [0.15, 0.2) is 0 Å². The Bertz CT molecular complexity index is 900. The van der Waals surface area contributed by atoms with E-state index >= 15 is 0 Å². The predicted molar refractivity (Wildman–Crippen MR) is 118 cm³/mol. The molecule has 9 heteroatoms. The topological polar surface area (TPSA) is 79.0 Å². The van der Waals surface area contributed by atoms with Crippen LogP contribution in [-0.2, 0) is 14.8 Å². The summed E-state index contributed by atoms with van der Waals surface area (Å²) in [4.78, 5) is 14.5.